The second-order valence-corrected chi connectivity index (χ2v) is 5.57. The highest BCUT2D eigenvalue weighted by Crippen LogP contribution is 2.08. The molecule has 0 bridgehead atoms. The number of piperazine rings is 1. The highest BCUT2D eigenvalue weighted by molar-refractivity contribution is 7.99. The fourth-order valence-corrected chi connectivity index (χ4v) is 2.50. The lowest BCUT2D eigenvalue weighted by molar-refractivity contribution is -0.150. The zero-order chi connectivity index (χ0) is 12.7. The third-order valence-electron chi connectivity index (χ3n) is 2.77. The summed E-state index contributed by atoms with van der Waals surface area (Å²) in [6.07, 6.45) is 1.89. The normalized spacial score (nSPS) is 16.8. The van der Waals surface area contributed by atoms with Crippen LogP contribution in [0.4, 0.5) is 0 Å². The van der Waals surface area contributed by atoms with E-state index in [1.54, 1.807) is 9.80 Å². The zero-order valence-electron chi connectivity index (χ0n) is 10.8. The molecule has 2 amide bonds. The van der Waals surface area contributed by atoms with E-state index in [9.17, 15) is 9.59 Å². The molecule has 0 aliphatic carbocycles. The maximum atomic E-state index is 11.8. The quantitative estimate of drug-likeness (QED) is 0.645. The molecule has 1 heterocycles. The first-order chi connectivity index (χ1) is 8.19. The van der Waals surface area contributed by atoms with E-state index in [0.717, 1.165) is 30.9 Å². The third-order valence-corrected chi connectivity index (χ3v) is 3.76. The summed E-state index contributed by atoms with van der Waals surface area (Å²) in [5, 5.41) is 0. The van der Waals surface area contributed by atoms with Gasteiger partial charge < -0.3 is 9.80 Å². The molecule has 1 rings (SSSR count). The summed E-state index contributed by atoms with van der Waals surface area (Å²) in [6.45, 7) is 6.11. The summed E-state index contributed by atoms with van der Waals surface area (Å²) in [7, 11) is 0. The molecule has 4 nitrogen and oxygen atoms in total. The van der Waals surface area contributed by atoms with Gasteiger partial charge in [-0.05, 0) is 24.3 Å². The van der Waals surface area contributed by atoms with Crippen molar-refractivity contribution in [2.45, 2.75) is 26.7 Å². The van der Waals surface area contributed by atoms with Gasteiger partial charge in [0.1, 0.15) is 0 Å². The Balaban J connectivity index is 2.33. The smallest absolute Gasteiger partial charge is 0.242 e. The first-order valence-electron chi connectivity index (χ1n) is 6.32. The van der Waals surface area contributed by atoms with Gasteiger partial charge in [-0.25, -0.2) is 0 Å². The molecule has 0 saturated carbocycles. The number of carbonyl (C=O) groups is 2. The van der Waals surface area contributed by atoms with E-state index in [2.05, 4.69) is 6.92 Å². The lowest BCUT2D eigenvalue weighted by Crippen LogP contribution is -2.54. The van der Waals surface area contributed by atoms with Crippen LogP contribution < -0.4 is 0 Å². The SMILES string of the molecule is CCCN1CC(=O)N(CCCSCC)CC1=O. The molecule has 0 aromatic heterocycles. The maximum absolute atomic E-state index is 11.8. The van der Waals surface area contributed by atoms with E-state index in [1.807, 2.05) is 18.7 Å². The first-order valence-corrected chi connectivity index (χ1v) is 7.47. The van der Waals surface area contributed by atoms with E-state index in [4.69, 9.17) is 0 Å². The van der Waals surface area contributed by atoms with Gasteiger partial charge >= 0.3 is 0 Å². The van der Waals surface area contributed by atoms with Crippen molar-refractivity contribution in [1.82, 2.24) is 9.80 Å². The number of hydrogen-bond acceptors (Lipinski definition) is 3. The number of amides is 2. The molecule has 5 heteroatoms. The van der Waals surface area contributed by atoms with Crippen molar-refractivity contribution in [3.63, 3.8) is 0 Å². The molecule has 0 radical (unpaired) electrons. The molecule has 1 saturated heterocycles. The van der Waals surface area contributed by atoms with E-state index in [-0.39, 0.29) is 24.9 Å². The number of hydrogen-bond donors (Lipinski definition) is 0. The summed E-state index contributed by atoms with van der Waals surface area (Å²) in [5.41, 5.74) is 0. The van der Waals surface area contributed by atoms with E-state index in [1.165, 1.54) is 0 Å². The highest BCUT2D eigenvalue weighted by atomic mass is 32.2. The molecule has 0 spiro atoms. The van der Waals surface area contributed by atoms with Crippen molar-refractivity contribution in [2.75, 3.05) is 37.7 Å². The van der Waals surface area contributed by atoms with Crippen LogP contribution >= 0.6 is 11.8 Å². The molecule has 1 aliphatic heterocycles. The summed E-state index contributed by atoms with van der Waals surface area (Å²) < 4.78 is 0. The molecule has 0 aromatic rings. The number of thioether (sulfide) groups is 1. The average molecular weight is 258 g/mol. The largest absolute Gasteiger partial charge is 0.332 e. The third kappa shape index (κ3) is 4.58. The van der Waals surface area contributed by atoms with Crippen molar-refractivity contribution < 1.29 is 9.59 Å². The van der Waals surface area contributed by atoms with Crippen LogP contribution in [0.2, 0.25) is 0 Å². The van der Waals surface area contributed by atoms with Crippen LogP contribution in [0, 0.1) is 0 Å². The second kappa shape index (κ2) is 7.58. The average Bonchev–Trinajstić information content (AvgIpc) is 2.30. The van der Waals surface area contributed by atoms with Crippen LogP contribution in [0.3, 0.4) is 0 Å². The summed E-state index contributed by atoms with van der Waals surface area (Å²) >= 11 is 1.87. The van der Waals surface area contributed by atoms with Crippen molar-refractivity contribution in [3.05, 3.63) is 0 Å². The molecule has 1 aliphatic rings. The first kappa shape index (κ1) is 14.4. The minimum Gasteiger partial charge on any atom is -0.332 e. The van der Waals surface area contributed by atoms with Crippen LogP contribution in [-0.4, -0.2) is 59.3 Å². The summed E-state index contributed by atoms with van der Waals surface area (Å²) in [5.74, 6) is 2.36. The van der Waals surface area contributed by atoms with Crippen molar-refractivity contribution >= 4 is 23.6 Å². The standard InChI is InChI=1S/C12H22N2O2S/c1-3-6-13-9-12(16)14(10-11(13)15)7-5-8-17-4-2/h3-10H2,1-2H3. The molecular weight excluding hydrogens is 236 g/mol. The van der Waals surface area contributed by atoms with Gasteiger partial charge in [0.05, 0.1) is 13.1 Å². The van der Waals surface area contributed by atoms with Gasteiger partial charge in [-0.3, -0.25) is 9.59 Å². The Morgan fingerprint density at radius 2 is 1.65 bits per heavy atom. The summed E-state index contributed by atoms with van der Waals surface area (Å²) in [4.78, 5) is 26.9. The Hall–Kier alpha value is -0.710. The Kier molecular flexibility index (Phi) is 6.40. The molecule has 98 valence electrons. The Morgan fingerprint density at radius 1 is 1.06 bits per heavy atom. The minimum atomic E-state index is 0.0922. The van der Waals surface area contributed by atoms with Crippen molar-refractivity contribution in [2.24, 2.45) is 0 Å². The van der Waals surface area contributed by atoms with Gasteiger partial charge in [0.2, 0.25) is 11.8 Å². The van der Waals surface area contributed by atoms with Crippen LogP contribution in [0.5, 0.6) is 0 Å². The lowest BCUT2D eigenvalue weighted by atomic mass is 10.2. The second-order valence-electron chi connectivity index (χ2n) is 4.18. The maximum Gasteiger partial charge on any atom is 0.242 e. The molecule has 0 unspecified atom stereocenters. The fourth-order valence-electron chi connectivity index (χ4n) is 1.88. The van der Waals surface area contributed by atoms with Gasteiger partial charge in [-0.2, -0.15) is 11.8 Å². The number of rotatable bonds is 7. The fraction of sp³-hybridized carbons (Fsp3) is 0.833. The predicted octanol–water partition coefficient (Wildman–Crippen LogP) is 1.21. The van der Waals surface area contributed by atoms with Crippen LogP contribution in [-0.2, 0) is 9.59 Å². The topological polar surface area (TPSA) is 40.6 Å². The molecule has 1 fully saturated rings. The molecule has 0 N–H and O–H groups in total. The Morgan fingerprint density at radius 3 is 2.18 bits per heavy atom. The van der Waals surface area contributed by atoms with Crippen LogP contribution in [0.1, 0.15) is 26.7 Å². The molecule has 17 heavy (non-hydrogen) atoms. The molecular formula is C12H22N2O2S. The summed E-state index contributed by atoms with van der Waals surface area (Å²) in [6, 6.07) is 0. The highest BCUT2D eigenvalue weighted by Gasteiger charge is 2.28. The van der Waals surface area contributed by atoms with Crippen molar-refractivity contribution in [3.8, 4) is 0 Å². The van der Waals surface area contributed by atoms with Gasteiger partial charge in [-0.15, -0.1) is 0 Å². The van der Waals surface area contributed by atoms with Crippen molar-refractivity contribution in [1.29, 1.82) is 0 Å². The van der Waals surface area contributed by atoms with Gasteiger partial charge in [-0.1, -0.05) is 13.8 Å². The minimum absolute atomic E-state index is 0.0922. The lowest BCUT2D eigenvalue weighted by Gasteiger charge is -2.33. The van der Waals surface area contributed by atoms with Crippen LogP contribution in [0.15, 0.2) is 0 Å². The van der Waals surface area contributed by atoms with E-state index < -0.39 is 0 Å². The van der Waals surface area contributed by atoms with Gasteiger partial charge in [0, 0.05) is 13.1 Å². The number of nitrogens with zero attached hydrogens (tertiary/aromatic N) is 2. The Bertz CT molecular complexity index is 271. The molecule has 0 aromatic carbocycles. The monoisotopic (exact) mass is 258 g/mol. The molecule has 0 atom stereocenters. The van der Waals surface area contributed by atoms with Gasteiger partial charge in [0.15, 0.2) is 0 Å². The zero-order valence-corrected chi connectivity index (χ0v) is 11.6. The number of carbonyl (C=O) groups excluding carboxylic acids is 2. The van der Waals surface area contributed by atoms with Gasteiger partial charge in [0.25, 0.3) is 0 Å². The van der Waals surface area contributed by atoms with E-state index >= 15 is 0 Å². The predicted molar refractivity (Wildman–Crippen MR) is 71.1 cm³/mol. The van der Waals surface area contributed by atoms with Crippen LogP contribution in [0.25, 0.3) is 0 Å². The van der Waals surface area contributed by atoms with E-state index in [0.29, 0.717) is 6.54 Å². The Labute approximate surface area is 108 Å².